The first-order valence-electron chi connectivity index (χ1n) is 4.27. The first kappa shape index (κ1) is 12.4. The molecule has 0 heterocycles. The van der Waals surface area contributed by atoms with Gasteiger partial charge in [0.25, 0.3) is 0 Å². The van der Waals surface area contributed by atoms with E-state index in [1.807, 2.05) is 6.92 Å². The molecule has 0 aromatic carbocycles. The molecule has 0 saturated heterocycles. The number of carbonyl (C=O) groups is 1. The van der Waals surface area contributed by atoms with Gasteiger partial charge in [-0.25, -0.2) is 8.42 Å². The molecule has 0 aromatic rings. The summed E-state index contributed by atoms with van der Waals surface area (Å²) in [4.78, 5) is 10.9. The Morgan fingerprint density at radius 2 is 1.92 bits per heavy atom. The van der Waals surface area contributed by atoms with Crippen molar-refractivity contribution < 1.29 is 17.9 Å². The standard InChI is InChI=1S/C8H16O4S/c1-4-5-12-8(9)6-13(10,11)7(2)3/h7H,4-6H2,1-3H3. The van der Waals surface area contributed by atoms with E-state index in [1.165, 1.54) is 0 Å². The molecule has 0 unspecified atom stereocenters. The summed E-state index contributed by atoms with van der Waals surface area (Å²) >= 11 is 0. The summed E-state index contributed by atoms with van der Waals surface area (Å²) in [5.41, 5.74) is 0. The normalized spacial score (nSPS) is 11.7. The molecule has 0 aromatic heterocycles. The van der Waals surface area contributed by atoms with Crippen molar-refractivity contribution in [3.8, 4) is 0 Å². The van der Waals surface area contributed by atoms with E-state index in [0.717, 1.165) is 0 Å². The van der Waals surface area contributed by atoms with Gasteiger partial charge < -0.3 is 4.74 Å². The molecule has 0 rings (SSSR count). The van der Waals surface area contributed by atoms with Crippen molar-refractivity contribution in [2.75, 3.05) is 12.4 Å². The summed E-state index contributed by atoms with van der Waals surface area (Å²) in [6, 6.07) is 0. The van der Waals surface area contributed by atoms with Gasteiger partial charge in [0.05, 0.1) is 11.9 Å². The lowest BCUT2D eigenvalue weighted by molar-refractivity contribution is -0.140. The molecule has 0 aliphatic carbocycles. The maximum absolute atomic E-state index is 11.2. The fraction of sp³-hybridized carbons (Fsp3) is 0.875. The van der Waals surface area contributed by atoms with Gasteiger partial charge in [0.15, 0.2) is 9.84 Å². The van der Waals surface area contributed by atoms with Crippen molar-refractivity contribution in [3.63, 3.8) is 0 Å². The zero-order valence-corrected chi connectivity index (χ0v) is 9.06. The number of sulfone groups is 1. The maximum atomic E-state index is 11.2. The van der Waals surface area contributed by atoms with Crippen molar-refractivity contribution in [2.45, 2.75) is 32.4 Å². The van der Waals surface area contributed by atoms with Crippen LogP contribution in [0.2, 0.25) is 0 Å². The van der Waals surface area contributed by atoms with Crippen LogP contribution in [0.5, 0.6) is 0 Å². The van der Waals surface area contributed by atoms with E-state index >= 15 is 0 Å². The highest BCUT2D eigenvalue weighted by molar-refractivity contribution is 7.92. The second-order valence-electron chi connectivity index (χ2n) is 3.08. The van der Waals surface area contributed by atoms with E-state index in [4.69, 9.17) is 0 Å². The third kappa shape index (κ3) is 4.87. The van der Waals surface area contributed by atoms with Crippen LogP contribution >= 0.6 is 0 Å². The molecular weight excluding hydrogens is 192 g/mol. The van der Waals surface area contributed by atoms with E-state index in [9.17, 15) is 13.2 Å². The monoisotopic (exact) mass is 208 g/mol. The highest BCUT2D eigenvalue weighted by Gasteiger charge is 2.21. The summed E-state index contributed by atoms with van der Waals surface area (Å²) in [5, 5.41) is -0.526. The summed E-state index contributed by atoms with van der Waals surface area (Å²) in [5.74, 6) is -1.17. The van der Waals surface area contributed by atoms with Gasteiger partial charge in [-0.2, -0.15) is 0 Å². The Morgan fingerprint density at radius 1 is 1.38 bits per heavy atom. The topological polar surface area (TPSA) is 60.4 Å². The van der Waals surface area contributed by atoms with Crippen molar-refractivity contribution in [2.24, 2.45) is 0 Å². The molecule has 0 fully saturated rings. The van der Waals surface area contributed by atoms with Crippen molar-refractivity contribution in [1.29, 1.82) is 0 Å². The van der Waals surface area contributed by atoms with Crippen LogP contribution in [0, 0.1) is 0 Å². The Bertz CT molecular complexity index is 253. The zero-order valence-electron chi connectivity index (χ0n) is 8.24. The Balaban J connectivity index is 4.06. The van der Waals surface area contributed by atoms with Crippen LogP contribution in [0.15, 0.2) is 0 Å². The number of carbonyl (C=O) groups excluding carboxylic acids is 1. The van der Waals surface area contributed by atoms with Crippen molar-refractivity contribution in [1.82, 2.24) is 0 Å². The summed E-state index contributed by atoms with van der Waals surface area (Å²) in [7, 11) is -3.30. The number of hydrogen-bond acceptors (Lipinski definition) is 4. The van der Waals surface area contributed by atoms with E-state index in [0.29, 0.717) is 6.42 Å². The fourth-order valence-corrected chi connectivity index (χ4v) is 1.33. The second kappa shape index (κ2) is 5.21. The van der Waals surface area contributed by atoms with Gasteiger partial charge in [0, 0.05) is 0 Å². The lowest BCUT2D eigenvalue weighted by atomic mass is 10.5. The summed E-state index contributed by atoms with van der Waals surface area (Å²) in [6.45, 7) is 5.22. The van der Waals surface area contributed by atoms with Gasteiger partial charge in [0.1, 0.15) is 5.75 Å². The predicted octanol–water partition coefficient (Wildman–Crippen LogP) is 0.763. The van der Waals surface area contributed by atoms with Crippen molar-refractivity contribution >= 4 is 15.8 Å². The van der Waals surface area contributed by atoms with Crippen LogP contribution in [0.4, 0.5) is 0 Å². The lowest BCUT2D eigenvalue weighted by Gasteiger charge is -2.06. The van der Waals surface area contributed by atoms with E-state index in [2.05, 4.69) is 4.74 Å². The number of esters is 1. The molecule has 13 heavy (non-hydrogen) atoms. The predicted molar refractivity (Wildman–Crippen MR) is 50.2 cm³/mol. The van der Waals surface area contributed by atoms with Crippen LogP contribution < -0.4 is 0 Å². The quantitative estimate of drug-likeness (QED) is 0.626. The average molecular weight is 208 g/mol. The Hall–Kier alpha value is -0.580. The Kier molecular flexibility index (Phi) is 4.98. The van der Waals surface area contributed by atoms with Gasteiger partial charge in [-0.1, -0.05) is 6.92 Å². The molecule has 4 nitrogen and oxygen atoms in total. The lowest BCUT2D eigenvalue weighted by Crippen LogP contribution is -2.25. The minimum atomic E-state index is -3.30. The third-order valence-corrected chi connectivity index (χ3v) is 3.58. The second-order valence-corrected chi connectivity index (χ2v) is 5.63. The molecule has 0 saturated carbocycles. The number of ether oxygens (including phenoxy) is 1. The largest absolute Gasteiger partial charge is 0.465 e. The highest BCUT2D eigenvalue weighted by Crippen LogP contribution is 2.01. The third-order valence-electron chi connectivity index (χ3n) is 1.50. The van der Waals surface area contributed by atoms with Crippen LogP contribution in [-0.2, 0) is 19.4 Å². The first-order valence-corrected chi connectivity index (χ1v) is 5.99. The number of hydrogen-bond donors (Lipinski definition) is 0. The molecular formula is C8H16O4S. The van der Waals surface area contributed by atoms with E-state index < -0.39 is 26.8 Å². The molecule has 0 N–H and O–H groups in total. The number of rotatable bonds is 5. The van der Waals surface area contributed by atoms with Crippen molar-refractivity contribution in [3.05, 3.63) is 0 Å². The van der Waals surface area contributed by atoms with Crippen LogP contribution in [-0.4, -0.2) is 32.0 Å². The molecule has 5 heteroatoms. The van der Waals surface area contributed by atoms with E-state index in [-0.39, 0.29) is 6.61 Å². The summed E-state index contributed by atoms with van der Waals surface area (Å²) in [6.07, 6.45) is 0.702. The minimum Gasteiger partial charge on any atom is -0.465 e. The molecule has 0 aliphatic rings. The molecule has 0 bridgehead atoms. The SMILES string of the molecule is CCCOC(=O)CS(=O)(=O)C(C)C. The molecule has 78 valence electrons. The zero-order chi connectivity index (χ0) is 10.5. The highest BCUT2D eigenvalue weighted by atomic mass is 32.2. The fourth-order valence-electron chi connectivity index (χ4n) is 0.588. The molecule has 0 amide bonds. The molecule has 0 radical (unpaired) electrons. The molecule has 0 spiro atoms. The summed E-state index contributed by atoms with van der Waals surface area (Å²) < 4.78 is 27.1. The smallest absolute Gasteiger partial charge is 0.321 e. The average Bonchev–Trinajstić information content (AvgIpc) is 1.99. The minimum absolute atomic E-state index is 0.284. The maximum Gasteiger partial charge on any atom is 0.321 e. The van der Waals surface area contributed by atoms with Crippen LogP contribution in [0.25, 0.3) is 0 Å². The van der Waals surface area contributed by atoms with Gasteiger partial charge >= 0.3 is 5.97 Å². The van der Waals surface area contributed by atoms with Gasteiger partial charge in [-0.05, 0) is 20.3 Å². The Labute approximate surface area is 79.2 Å². The first-order chi connectivity index (χ1) is 5.90. The van der Waals surface area contributed by atoms with Gasteiger partial charge in [-0.15, -0.1) is 0 Å². The molecule has 0 atom stereocenters. The van der Waals surface area contributed by atoms with Gasteiger partial charge in [-0.3, -0.25) is 4.79 Å². The van der Waals surface area contributed by atoms with Crippen LogP contribution in [0.3, 0.4) is 0 Å². The molecule has 0 aliphatic heterocycles. The van der Waals surface area contributed by atoms with Crippen LogP contribution in [0.1, 0.15) is 27.2 Å². The van der Waals surface area contributed by atoms with E-state index in [1.54, 1.807) is 13.8 Å². The Morgan fingerprint density at radius 3 is 2.31 bits per heavy atom. The van der Waals surface area contributed by atoms with Gasteiger partial charge in [0.2, 0.25) is 0 Å².